The third kappa shape index (κ3) is 2.96. The minimum Gasteiger partial charge on any atom is -0.401 e. The summed E-state index contributed by atoms with van der Waals surface area (Å²) >= 11 is 0. The van der Waals surface area contributed by atoms with Crippen molar-refractivity contribution in [3.63, 3.8) is 0 Å². The maximum absolute atomic E-state index is 12.3. The summed E-state index contributed by atoms with van der Waals surface area (Å²) in [5.41, 5.74) is 8.86. The maximum atomic E-state index is 12.3. The number of aliphatic imine (C=N–C) groups is 1. The number of carbonyl (C=O) groups excluding carboxylic acids is 1. The van der Waals surface area contributed by atoms with Gasteiger partial charge in [-0.1, -0.05) is 6.92 Å². The minimum atomic E-state index is 0.0323. The Balaban J connectivity index is 3.15. The molecule has 0 bridgehead atoms. The molecule has 2 N–H and O–H groups in total. The van der Waals surface area contributed by atoms with E-state index >= 15 is 0 Å². The monoisotopic (exact) mass is 235 g/mol. The van der Waals surface area contributed by atoms with E-state index < -0.39 is 0 Å². The van der Waals surface area contributed by atoms with Gasteiger partial charge in [-0.25, -0.2) is 0 Å². The topological polar surface area (TPSA) is 58.7 Å². The van der Waals surface area contributed by atoms with E-state index in [1.807, 2.05) is 32.1 Å². The van der Waals surface area contributed by atoms with Crippen LogP contribution in [0.2, 0.25) is 0 Å². The van der Waals surface area contributed by atoms with E-state index in [0.29, 0.717) is 17.7 Å². The van der Waals surface area contributed by atoms with Crippen molar-refractivity contribution in [2.75, 3.05) is 21.1 Å². The molecule has 4 heteroatoms. The lowest BCUT2D eigenvalue weighted by molar-refractivity contribution is -0.112. The Morgan fingerprint density at radius 1 is 1.47 bits per heavy atom. The highest BCUT2D eigenvalue weighted by Crippen LogP contribution is 2.25. The molecule has 0 amide bonds. The van der Waals surface area contributed by atoms with Gasteiger partial charge in [-0.15, -0.1) is 0 Å². The molecule has 0 aromatic heterocycles. The number of ketones is 1. The first-order valence-corrected chi connectivity index (χ1v) is 5.87. The highest BCUT2D eigenvalue weighted by atomic mass is 16.1. The van der Waals surface area contributed by atoms with Crippen molar-refractivity contribution in [2.45, 2.75) is 26.2 Å². The molecule has 1 aliphatic rings. The molecule has 0 unspecified atom stereocenters. The lowest BCUT2D eigenvalue weighted by atomic mass is 9.87. The van der Waals surface area contributed by atoms with Crippen LogP contribution in [0.25, 0.3) is 0 Å². The molecule has 0 saturated heterocycles. The number of allylic oxidation sites excluding steroid dienone is 3. The number of carbonyl (C=O) groups is 1. The minimum absolute atomic E-state index is 0.0323. The van der Waals surface area contributed by atoms with Gasteiger partial charge in [0, 0.05) is 44.3 Å². The summed E-state index contributed by atoms with van der Waals surface area (Å²) in [6.07, 6.45) is 4.05. The molecule has 0 fully saturated rings. The maximum Gasteiger partial charge on any atom is 0.194 e. The average molecular weight is 235 g/mol. The van der Waals surface area contributed by atoms with E-state index in [4.69, 9.17) is 5.73 Å². The standard InChI is InChI=1S/C13H21N3O/c1-5-11(15-2)12-10(14)7-6-9(13(12)17)8-16(3)4/h8H,5-7,14H2,1-4H3/b9-8+,15-11?. The summed E-state index contributed by atoms with van der Waals surface area (Å²) in [7, 11) is 5.53. The van der Waals surface area contributed by atoms with Crippen LogP contribution in [-0.4, -0.2) is 37.5 Å². The summed E-state index contributed by atoms with van der Waals surface area (Å²) in [5, 5.41) is 0. The summed E-state index contributed by atoms with van der Waals surface area (Å²) < 4.78 is 0. The number of rotatable bonds is 3. The van der Waals surface area contributed by atoms with E-state index in [1.165, 1.54) is 0 Å². The fraction of sp³-hybridized carbons (Fsp3) is 0.538. The summed E-state index contributed by atoms with van der Waals surface area (Å²) in [4.78, 5) is 18.4. The van der Waals surface area contributed by atoms with Gasteiger partial charge >= 0.3 is 0 Å². The third-order valence-corrected chi connectivity index (χ3v) is 2.81. The highest BCUT2D eigenvalue weighted by Gasteiger charge is 2.26. The quantitative estimate of drug-likeness (QED) is 0.595. The van der Waals surface area contributed by atoms with Crippen LogP contribution in [0, 0.1) is 0 Å². The second-order valence-corrected chi connectivity index (χ2v) is 4.37. The van der Waals surface area contributed by atoms with Crippen LogP contribution in [0.3, 0.4) is 0 Å². The number of nitrogens with two attached hydrogens (primary N) is 1. The molecular weight excluding hydrogens is 214 g/mol. The molecule has 0 aromatic rings. The third-order valence-electron chi connectivity index (χ3n) is 2.81. The van der Waals surface area contributed by atoms with Crippen LogP contribution in [-0.2, 0) is 4.79 Å². The van der Waals surface area contributed by atoms with Crippen molar-refractivity contribution in [3.05, 3.63) is 23.0 Å². The van der Waals surface area contributed by atoms with Crippen molar-refractivity contribution in [3.8, 4) is 0 Å². The second-order valence-electron chi connectivity index (χ2n) is 4.37. The molecule has 4 nitrogen and oxygen atoms in total. The Kier molecular flexibility index (Phi) is 4.49. The Morgan fingerprint density at radius 3 is 2.59 bits per heavy atom. The van der Waals surface area contributed by atoms with Crippen molar-refractivity contribution in [1.82, 2.24) is 4.90 Å². The Morgan fingerprint density at radius 2 is 2.12 bits per heavy atom. The molecule has 0 spiro atoms. The van der Waals surface area contributed by atoms with Crippen molar-refractivity contribution >= 4 is 11.5 Å². The molecule has 0 heterocycles. The Hall–Kier alpha value is -1.58. The lowest BCUT2D eigenvalue weighted by Gasteiger charge is -2.21. The molecule has 1 aliphatic carbocycles. The Bertz CT molecular complexity index is 403. The molecule has 0 aromatic carbocycles. The van der Waals surface area contributed by atoms with Crippen LogP contribution in [0.5, 0.6) is 0 Å². The molecular formula is C13H21N3O. The van der Waals surface area contributed by atoms with Gasteiger partial charge in [0.15, 0.2) is 5.78 Å². The summed E-state index contributed by atoms with van der Waals surface area (Å²) in [6, 6.07) is 0. The fourth-order valence-electron chi connectivity index (χ4n) is 2.01. The van der Waals surface area contributed by atoms with Gasteiger partial charge in [0.2, 0.25) is 0 Å². The first-order chi connectivity index (χ1) is 8.01. The van der Waals surface area contributed by atoms with Crippen LogP contribution < -0.4 is 5.73 Å². The van der Waals surface area contributed by atoms with Crippen LogP contribution in [0.4, 0.5) is 0 Å². The van der Waals surface area contributed by atoms with Crippen molar-refractivity contribution in [1.29, 1.82) is 0 Å². The van der Waals surface area contributed by atoms with E-state index in [1.54, 1.807) is 7.05 Å². The zero-order chi connectivity index (χ0) is 13.0. The molecule has 94 valence electrons. The molecule has 0 aliphatic heterocycles. The van der Waals surface area contributed by atoms with Crippen LogP contribution >= 0.6 is 0 Å². The highest BCUT2D eigenvalue weighted by molar-refractivity contribution is 6.28. The first-order valence-electron chi connectivity index (χ1n) is 5.87. The smallest absolute Gasteiger partial charge is 0.194 e. The summed E-state index contributed by atoms with van der Waals surface area (Å²) in [6.45, 7) is 1.99. The normalized spacial score (nSPS) is 20.1. The van der Waals surface area contributed by atoms with Crippen LogP contribution in [0.15, 0.2) is 28.0 Å². The summed E-state index contributed by atoms with van der Waals surface area (Å²) in [5.74, 6) is 0.0323. The first kappa shape index (κ1) is 13.5. The molecule has 0 radical (unpaired) electrons. The van der Waals surface area contributed by atoms with Crippen molar-refractivity contribution < 1.29 is 4.79 Å². The number of nitrogens with zero attached hydrogens (tertiary/aromatic N) is 2. The average Bonchev–Trinajstić information content (AvgIpc) is 2.28. The van der Waals surface area contributed by atoms with Gasteiger partial charge in [-0.05, 0) is 19.3 Å². The Labute approximate surface area is 103 Å². The predicted octanol–water partition coefficient (Wildman–Crippen LogP) is 1.49. The van der Waals surface area contributed by atoms with Gasteiger partial charge in [0.1, 0.15) is 0 Å². The molecule has 0 atom stereocenters. The van der Waals surface area contributed by atoms with Gasteiger partial charge in [0.05, 0.1) is 5.57 Å². The van der Waals surface area contributed by atoms with Gasteiger partial charge in [-0.2, -0.15) is 0 Å². The SMILES string of the molecule is CCC(=NC)C1=C(N)CC/C(=C\N(C)C)C1=O. The van der Waals surface area contributed by atoms with E-state index in [0.717, 1.165) is 24.1 Å². The number of hydrogen-bond acceptors (Lipinski definition) is 4. The van der Waals surface area contributed by atoms with E-state index in [9.17, 15) is 4.79 Å². The van der Waals surface area contributed by atoms with Gasteiger partial charge in [-0.3, -0.25) is 9.79 Å². The fourth-order valence-corrected chi connectivity index (χ4v) is 2.01. The number of hydrogen-bond donors (Lipinski definition) is 1. The van der Waals surface area contributed by atoms with Gasteiger partial charge < -0.3 is 10.6 Å². The predicted molar refractivity (Wildman–Crippen MR) is 70.9 cm³/mol. The largest absolute Gasteiger partial charge is 0.401 e. The molecule has 17 heavy (non-hydrogen) atoms. The molecule has 1 rings (SSSR count). The second kappa shape index (κ2) is 5.66. The van der Waals surface area contributed by atoms with E-state index in [2.05, 4.69) is 4.99 Å². The van der Waals surface area contributed by atoms with Gasteiger partial charge in [0.25, 0.3) is 0 Å². The van der Waals surface area contributed by atoms with Crippen LogP contribution in [0.1, 0.15) is 26.2 Å². The zero-order valence-corrected chi connectivity index (χ0v) is 11.1. The number of Topliss-reactive ketones (excluding diaryl/α,β-unsaturated/α-hetero) is 1. The zero-order valence-electron chi connectivity index (χ0n) is 11.1. The molecule has 0 saturated carbocycles. The van der Waals surface area contributed by atoms with E-state index in [-0.39, 0.29) is 5.78 Å². The lowest BCUT2D eigenvalue weighted by Crippen LogP contribution is -2.25. The van der Waals surface area contributed by atoms with Crippen molar-refractivity contribution in [2.24, 2.45) is 10.7 Å².